The molecule has 0 unspecified atom stereocenters. The summed E-state index contributed by atoms with van der Waals surface area (Å²) in [7, 11) is 1.57. The van der Waals surface area contributed by atoms with E-state index in [1.807, 2.05) is 0 Å². The molecule has 0 aliphatic heterocycles. The van der Waals surface area contributed by atoms with Gasteiger partial charge in [0.1, 0.15) is 0 Å². The Hall–Kier alpha value is -4.22. The van der Waals surface area contributed by atoms with Crippen LogP contribution in [0.1, 0.15) is 46.0 Å². The molecule has 0 saturated carbocycles. The van der Waals surface area contributed by atoms with Gasteiger partial charge in [0.25, 0.3) is 5.91 Å². The number of amides is 1. The van der Waals surface area contributed by atoms with Crippen LogP contribution in [0.5, 0.6) is 0 Å². The summed E-state index contributed by atoms with van der Waals surface area (Å²) in [4.78, 5) is 15.5. The molecule has 5 rings (SSSR count). The van der Waals surface area contributed by atoms with Gasteiger partial charge in [-0.25, -0.2) is 4.68 Å². The van der Waals surface area contributed by atoms with Crippen molar-refractivity contribution in [2.45, 2.75) is 25.6 Å². The first-order valence-electron chi connectivity index (χ1n) is 12.3. The number of alkyl halides is 3. The lowest BCUT2D eigenvalue weighted by Gasteiger charge is -2.25. The van der Waals surface area contributed by atoms with Crippen LogP contribution in [-0.2, 0) is 12.6 Å². The SMILES string of the molecule is C[C@H](c1ccc(C(F)(F)F)cc1)N(C)C(=O)c1nn(-c2ccccc2Cl)c(-c2ccc(Cl)cc2)c1Cc1nn[nH]n1. The van der Waals surface area contributed by atoms with E-state index in [9.17, 15) is 18.0 Å². The summed E-state index contributed by atoms with van der Waals surface area (Å²) in [5, 5.41) is 19.9. The molecule has 1 atom stereocenters. The number of carbonyl (C=O) groups excluding carboxylic acids is 1. The van der Waals surface area contributed by atoms with Crippen molar-refractivity contribution in [3.8, 4) is 16.9 Å². The summed E-state index contributed by atoms with van der Waals surface area (Å²) < 4.78 is 40.9. The lowest BCUT2D eigenvalue weighted by atomic mass is 10.0. The van der Waals surface area contributed by atoms with Crippen molar-refractivity contribution < 1.29 is 18.0 Å². The summed E-state index contributed by atoms with van der Waals surface area (Å²) in [6.07, 6.45) is -4.36. The van der Waals surface area contributed by atoms with E-state index < -0.39 is 23.7 Å². The summed E-state index contributed by atoms with van der Waals surface area (Å²) in [6.45, 7) is 1.73. The zero-order valence-electron chi connectivity index (χ0n) is 21.7. The minimum Gasteiger partial charge on any atom is -0.334 e. The highest BCUT2D eigenvalue weighted by Gasteiger charge is 2.32. The first-order chi connectivity index (χ1) is 19.5. The Kier molecular flexibility index (Phi) is 7.83. The van der Waals surface area contributed by atoms with E-state index in [4.69, 9.17) is 28.3 Å². The number of nitrogens with one attached hydrogen (secondary N) is 1. The third-order valence-electron chi connectivity index (χ3n) is 6.73. The van der Waals surface area contributed by atoms with Crippen LogP contribution in [0, 0.1) is 0 Å². The fourth-order valence-corrected chi connectivity index (χ4v) is 4.77. The molecule has 210 valence electrons. The quantitative estimate of drug-likeness (QED) is 0.222. The predicted molar refractivity (Wildman–Crippen MR) is 148 cm³/mol. The monoisotopic (exact) mass is 599 g/mol. The summed E-state index contributed by atoms with van der Waals surface area (Å²) in [5.41, 5.74) is 2.17. The first kappa shape index (κ1) is 28.3. The zero-order valence-corrected chi connectivity index (χ0v) is 23.2. The number of benzene rings is 3. The minimum atomic E-state index is -4.46. The molecule has 0 fully saturated rings. The number of hydrogen-bond donors (Lipinski definition) is 1. The van der Waals surface area contributed by atoms with Gasteiger partial charge < -0.3 is 4.90 Å². The Morgan fingerprint density at radius 1 is 1.02 bits per heavy atom. The highest BCUT2D eigenvalue weighted by Crippen LogP contribution is 2.35. The number of H-pyrrole nitrogens is 1. The van der Waals surface area contributed by atoms with Crippen LogP contribution in [0.3, 0.4) is 0 Å². The first-order valence-corrected chi connectivity index (χ1v) is 13.1. The third-order valence-corrected chi connectivity index (χ3v) is 7.30. The van der Waals surface area contributed by atoms with Crippen LogP contribution in [0.25, 0.3) is 16.9 Å². The van der Waals surface area contributed by atoms with E-state index >= 15 is 0 Å². The maximum absolute atomic E-state index is 14.1. The van der Waals surface area contributed by atoms with Crippen molar-refractivity contribution >= 4 is 29.1 Å². The van der Waals surface area contributed by atoms with Gasteiger partial charge in [0.15, 0.2) is 11.5 Å². The number of nitrogens with zero attached hydrogens (tertiary/aromatic N) is 6. The van der Waals surface area contributed by atoms with Crippen LogP contribution in [0.4, 0.5) is 13.2 Å². The van der Waals surface area contributed by atoms with E-state index in [1.165, 1.54) is 17.0 Å². The average molecular weight is 600 g/mol. The molecule has 2 aromatic heterocycles. The molecule has 0 bridgehead atoms. The van der Waals surface area contributed by atoms with E-state index in [0.29, 0.717) is 43.9 Å². The largest absolute Gasteiger partial charge is 0.416 e. The fourth-order valence-electron chi connectivity index (χ4n) is 4.42. The van der Waals surface area contributed by atoms with Crippen LogP contribution < -0.4 is 0 Å². The molecule has 0 saturated heterocycles. The van der Waals surface area contributed by atoms with Crippen molar-refractivity contribution in [1.82, 2.24) is 35.3 Å². The van der Waals surface area contributed by atoms with Crippen molar-refractivity contribution in [3.63, 3.8) is 0 Å². The number of halogens is 5. The topological polar surface area (TPSA) is 92.6 Å². The lowest BCUT2D eigenvalue weighted by molar-refractivity contribution is -0.137. The number of aromatic nitrogens is 6. The molecule has 1 N–H and O–H groups in total. The van der Waals surface area contributed by atoms with Crippen molar-refractivity contribution in [3.05, 3.63) is 111 Å². The maximum Gasteiger partial charge on any atom is 0.416 e. The summed E-state index contributed by atoms with van der Waals surface area (Å²) >= 11 is 12.7. The van der Waals surface area contributed by atoms with E-state index in [1.54, 1.807) is 67.2 Å². The number of para-hydroxylation sites is 1. The van der Waals surface area contributed by atoms with Gasteiger partial charge in [0, 0.05) is 29.6 Å². The fraction of sp³-hybridized carbons (Fsp3) is 0.179. The highest BCUT2D eigenvalue weighted by atomic mass is 35.5. The molecule has 5 aromatic rings. The molecule has 0 aliphatic rings. The summed E-state index contributed by atoms with van der Waals surface area (Å²) in [6, 6.07) is 18.2. The standard InChI is InChI=1S/C28H22Cl2F3N7O/c1-16(17-7-11-19(12-8-17)28(31,32)33)39(2)27(41)25-21(15-24-34-37-38-35-24)26(18-9-13-20(29)14-10-18)40(36-25)23-6-4-3-5-22(23)30/h3-14,16H,15H2,1-2H3,(H,34,35,37,38)/t16-/m1/s1. The van der Waals surface area contributed by atoms with Gasteiger partial charge >= 0.3 is 6.18 Å². The molecule has 1 amide bonds. The highest BCUT2D eigenvalue weighted by molar-refractivity contribution is 6.32. The van der Waals surface area contributed by atoms with Crippen LogP contribution >= 0.6 is 23.2 Å². The van der Waals surface area contributed by atoms with Crippen molar-refractivity contribution in [2.24, 2.45) is 0 Å². The van der Waals surface area contributed by atoms with Gasteiger partial charge in [-0.2, -0.15) is 23.5 Å². The summed E-state index contributed by atoms with van der Waals surface area (Å²) in [5.74, 6) is -0.136. The second-order valence-electron chi connectivity index (χ2n) is 9.26. The molecule has 2 heterocycles. The van der Waals surface area contributed by atoms with Gasteiger partial charge in [-0.3, -0.25) is 4.79 Å². The maximum atomic E-state index is 14.1. The zero-order chi connectivity index (χ0) is 29.3. The molecule has 3 aromatic carbocycles. The van der Waals surface area contributed by atoms with Crippen LogP contribution in [0.15, 0.2) is 72.8 Å². The molecule has 0 radical (unpaired) electrons. The van der Waals surface area contributed by atoms with Gasteiger partial charge in [-0.1, -0.05) is 64.8 Å². The lowest BCUT2D eigenvalue weighted by Crippen LogP contribution is -2.31. The Balaban J connectivity index is 1.64. The minimum absolute atomic E-state index is 0.0981. The van der Waals surface area contributed by atoms with Gasteiger partial charge in [0.2, 0.25) is 0 Å². The van der Waals surface area contributed by atoms with Crippen LogP contribution in [0.2, 0.25) is 10.0 Å². The molecule has 41 heavy (non-hydrogen) atoms. The predicted octanol–water partition coefficient (Wildman–Crippen LogP) is 6.80. The molecular formula is C28H22Cl2F3N7O. The number of rotatable bonds is 7. The number of hydrogen-bond acceptors (Lipinski definition) is 5. The molecular weight excluding hydrogens is 578 g/mol. The molecule has 0 spiro atoms. The average Bonchev–Trinajstić information content (AvgIpc) is 3.61. The Morgan fingerprint density at radius 2 is 1.71 bits per heavy atom. The number of carbonyl (C=O) groups is 1. The van der Waals surface area contributed by atoms with Crippen molar-refractivity contribution in [1.29, 1.82) is 0 Å². The van der Waals surface area contributed by atoms with E-state index in [2.05, 4.69) is 20.6 Å². The molecule has 8 nitrogen and oxygen atoms in total. The Labute approximate surface area is 242 Å². The second kappa shape index (κ2) is 11.3. The Bertz CT molecular complexity index is 1670. The third kappa shape index (κ3) is 5.82. The number of tetrazole rings is 1. The van der Waals surface area contributed by atoms with Crippen LogP contribution in [-0.4, -0.2) is 48.3 Å². The van der Waals surface area contributed by atoms with Gasteiger partial charge in [-0.05, 0) is 48.9 Å². The Morgan fingerprint density at radius 3 is 2.32 bits per heavy atom. The van der Waals surface area contributed by atoms with Crippen molar-refractivity contribution in [2.75, 3.05) is 7.05 Å². The van der Waals surface area contributed by atoms with Gasteiger partial charge in [-0.15, -0.1) is 10.2 Å². The van der Waals surface area contributed by atoms with Gasteiger partial charge in [0.05, 0.1) is 28.0 Å². The number of aromatic amines is 1. The normalized spacial score (nSPS) is 12.4. The van der Waals surface area contributed by atoms with E-state index in [0.717, 1.165) is 12.1 Å². The molecule has 13 heteroatoms. The molecule has 0 aliphatic carbocycles. The second-order valence-corrected chi connectivity index (χ2v) is 10.1. The van der Waals surface area contributed by atoms with E-state index in [-0.39, 0.29) is 12.1 Å². The smallest absolute Gasteiger partial charge is 0.334 e.